The summed E-state index contributed by atoms with van der Waals surface area (Å²) in [7, 11) is 0. The predicted octanol–water partition coefficient (Wildman–Crippen LogP) is 2.14. The molecule has 1 aromatic carbocycles. The van der Waals surface area contributed by atoms with Crippen LogP contribution in [0.25, 0.3) is 11.3 Å². The molecular formula is C9H6IrNO-. The number of rotatable bonds is 1. The van der Waals surface area contributed by atoms with Gasteiger partial charge in [-0.1, -0.05) is 0 Å². The fraction of sp³-hybridized carbons (Fsp3) is 0. The first kappa shape index (κ1) is 9.17. The van der Waals surface area contributed by atoms with Crippen molar-refractivity contribution in [2.45, 2.75) is 0 Å². The van der Waals surface area contributed by atoms with Gasteiger partial charge in [0.05, 0.1) is 0 Å². The van der Waals surface area contributed by atoms with Crippen molar-refractivity contribution >= 4 is 0 Å². The smallest absolute Gasteiger partial charge is 0.114 e. The third-order valence-electron chi connectivity index (χ3n) is 1.42. The Hall–Kier alpha value is -0.921. The molecule has 0 atom stereocenters. The van der Waals surface area contributed by atoms with Gasteiger partial charge in [-0.25, -0.2) is 0 Å². The Labute approximate surface area is 83.9 Å². The Morgan fingerprint density at radius 1 is 1.25 bits per heavy atom. The zero-order chi connectivity index (χ0) is 7.52. The fourth-order valence-corrected chi connectivity index (χ4v) is 0.904. The van der Waals surface area contributed by atoms with E-state index in [2.05, 4.69) is 11.2 Å². The summed E-state index contributed by atoms with van der Waals surface area (Å²) in [6, 6.07) is 12.5. The molecule has 0 spiro atoms. The summed E-state index contributed by atoms with van der Waals surface area (Å²) >= 11 is 0. The molecule has 63 valence electrons. The van der Waals surface area contributed by atoms with E-state index in [4.69, 9.17) is 4.52 Å². The van der Waals surface area contributed by atoms with Crippen molar-refractivity contribution < 1.29 is 24.6 Å². The second-order valence-corrected chi connectivity index (χ2v) is 2.16. The zero-order valence-electron chi connectivity index (χ0n) is 6.15. The van der Waals surface area contributed by atoms with Gasteiger partial charge in [0.2, 0.25) is 0 Å². The molecule has 0 amide bonds. The molecule has 12 heavy (non-hydrogen) atoms. The van der Waals surface area contributed by atoms with Gasteiger partial charge in [-0.15, -0.1) is 41.1 Å². The summed E-state index contributed by atoms with van der Waals surface area (Å²) in [5, 5.41) is 3.78. The molecule has 2 nitrogen and oxygen atoms in total. The molecule has 0 unspecified atom stereocenters. The molecule has 0 aliphatic carbocycles. The zero-order valence-corrected chi connectivity index (χ0v) is 8.55. The van der Waals surface area contributed by atoms with Crippen molar-refractivity contribution in [3.8, 4) is 11.3 Å². The number of hydrogen-bond acceptors (Lipinski definition) is 2. The van der Waals surface area contributed by atoms with Crippen LogP contribution in [0.1, 0.15) is 0 Å². The average molecular weight is 336 g/mol. The first-order valence-corrected chi connectivity index (χ1v) is 3.34. The van der Waals surface area contributed by atoms with E-state index < -0.39 is 0 Å². The van der Waals surface area contributed by atoms with Crippen LogP contribution in [0.5, 0.6) is 0 Å². The van der Waals surface area contributed by atoms with Gasteiger partial charge in [0, 0.05) is 25.8 Å². The van der Waals surface area contributed by atoms with E-state index in [-0.39, 0.29) is 20.1 Å². The topological polar surface area (TPSA) is 26.0 Å². The summed E-state index contributed by atoms with van der Waals surface area (Å²) in [5.74, 6) is 0. The van der Waals surface area contributed by atoms with Gasteiger partial charge in [0.25, 0.3) is 0 Å². The summed E-state index contributed by atoms with van der Waals surface area (Å²) in [5.41, 5.74) is 1.78. The molecule has 3 heteroatoms. The molecule has 0 bridgehead atoms. The number of hydrogen-bond donors (Lipinski definition) is 0. The Balaban J connectivity index is 0.000000720. The Bertz CT molecular complexity index is 318. The standard InChI is InChI=1S/C9H6NO.Ir/c1-2-4-8(5-3-1)9-6-7-11-10-9;/h1-4,6-7H;/q-1;. The van der Waals surface area contributed by atoms with Crippen LogP contribution in [0.2, 0.25) is 0 Å². The van der Waals surface area contributed by atoms with E-state index >= 15 is 0 Å². The van der Waals surface area contributed by atoms with Gasteiger partial charge in [-0.3, -0.25) is 0 Å². The Morgan fingerprint density at radius 2 is 2.17 bits per heavy atom. The molecular weight excluding hydrogens is 330 g/mol. The van der Waals surface area contributed by atoms with Crippen molar-refractivity contribution in [2.24, 2.45) is 0 Å². The monoisotopic (exact) mass is 337 g/mol. The molecule has 0 saturated carbocycles. The van der Waals surface area contributed by atoms with Crippen molar-refractivity contribution in [1.29, 1.82) is 0 Å². The first-order chi connectivity index (χ1) is 5.47. The maximum atomic E-state index is 4.70. The average Bonchev–Trinajstić information content (AvgIpc) is 2.58. The molecule has 2 aromatic rings. The van der Waals surface area contributed by atoms with Crippen LogP contribution in [0.3, 0.4) is 0 Å². The van der Waals surface area contributed by atoms with Crippen LogP contribution in [-0.2, 0) is 20.1 Å². The maximum Gasteiger partial charge on any atom is 0.114 e. The van der Waals surface area contributed by atoms with Gasteiger partial charge < -0.3 is 4.52 Å². The van der Waals surface area contributed by atoms with Gasteiger partial charge >= 0.3 is 0 Å². The van der Waals surface area contributed by atoms with Crippen molar-refractivity contribution in [2.75, 3.05) is 0 Å². The SMILES string of the molecule is [Ir].[c-]1ccccc1-c1ccon1. The fourth-order valence-electron chi connectivity index (χ4n) is 0.904. The number of nitrogens with zero attached hydrogens (tertiary/aromatic N) is 1. The van der Waals surface area contributed by atoms with Crippen LogP contribution in [0.15, 0.2) is 41.1 Å². The maximum absolute atomic E-state index is 4.70. The van der Waals surface area contributed by atoms with E-state index in [1.165, 1.54) is 0 Å². The van der Waals surface area contributed by atoms with Crippen molar-refractivity contribution in [3.05, 3.63) is 42.7 Å². The minimum Gasteiger partial charge on any atom is -0.375 e. The summed E-state index contributed by atoms with van der Waals surface area (Å²) < 4.78 is 4.70. The van der Waals surface area contributed by atoms with E-state index in [0.717, 1.165) is 11.3 Å². The van der Waals surface area contributed by atoms with Gasteiger partial charge in [0.15, 0.2) is 0 Å². The van der Waals surface area contributed by atoms with Crippen LogP contribution >= 0.6 is 0 Å². The van der Waals surface area contributed by atoms with Crippen LogP contribution < -0.4 is 0 Å². The molecule has 0 saturated heterocycles. The molecule has 2 rings (SSSR count). The summed E-state index contributed by atoms with van der Waals surface area (Å²) in [4.78, 5) is 0. The minimum absolute atomic E-state index is 0. The molecule has 0 aliphatic rings. The normalized spacial score (nSPS) is 9.00. The molecule has 0 fully saturated rings. The molecule has 1 heterocycles. The van der Waals surface area contributed by atoms with E-state index in [1.54, 1.807) is 6.26 Å². The number of benzene rings is 1. The second-order valence-electron chi connectivity index (χ2n) is 2.16. The van der Waals surface area contributed by atoms with Crippen molar-refractivity contribution in [3.63, 3.8) is 0 Å². The van der Waals surface area contributed by atoms with Crippen LogP contribution in [0, 0.1) is 6.07 Å². The third-order valence-corrected chi connectivity index (χ3v) is 1.42. The van der Waals surface area contributed by atoms with Crippen molar-refractivity contribution in [1.82, 2.24) is 5.16 Å². The van der Waals surface area contributed by atoms with Gasteiger partial charge in [0.1, 0.15) is 6.26 Å². The van der Waals surface area contributed by atoms with E-state index in [1.807, 2.05) is 30.3 Å². The quantitative estimate of drug-likeness (QED) is 0.746. The number of aromatic nitrogens is 1. The second kappa shape index (κ2) is 4.19. The Kier molecular flexibility index (Phi) is 3.20. The van der Waals surface area contributed by atoms with E-state index in [0.29, 0.717) is 0 Å². The summed E-state index contributed by atoms with van der Waals surface area (Å²) in [6.07, 6.45) is 1.55. The van der Waals surface area contributed by atoms with Crippen LogP contribution in [0.4, 0.5) is 0 Å². The third kappa shape index (κ3) is 1.81. The Morgan fingerprint density at radius 3 is 2.75 bits per heavy atom. The molecule has 1 radical (unpaired) electrons. The van der Waals surface area contributed by atoms with Crippen LogP contribution in [-0.4, -0.2) is 5.16 Å². The van der Waals surface area contributed by atoms with Gasteiger partial charge in [-0.2, -0.15) is 0 Å². The minimum atomic E-state index is 0. The van der Waals surface area contributed by atoms with E-state index in [9.17, 15) is 0 Å². The largest absolute Gasteiger partial charge is 0.375 e. The molecule has 0 N–H and O–H groups in total. The molecule has 1 aromatic heterocycles. The summed E-state index contributed by atoms with van der Waals surface area (Å²) in [6.45, 7) is 0. The van der Waals surface area contributed by atoms with Gasteiger partial charge in [-0.05, 0) is 6.07 Å². The first-order valence-electron chi connectivity index (χ1n) is 3.34. The predicted molar refractivity (Wildman–Crippen MR) is 40.8 cm³/mol. The molecule has 0 aliphatic heterocycles.